The normalized spacial score (nSPS) is 26.8. The van der Waals surface area contributed by atoms with Crippen LogP contribution in [0.2, 0.25) is 0 Å². The van der Waals surface area contributed by atoms with Gasteiger partial charge in [-0.1, -0.05) is 0 Å². The van der Waals surface area contributed by atoms with Crippen LogP contribution in [0, 0.1) is 0 Å². The van der Waals surface area contributed by atoms with Gasteiger partial charge in [-0.25, -0.2) is 4.21 Å². The van der Waals surface area contributed by atoms with Crippen LogP contribution in [0.1, 0.15) is 12.8 Å². The van der Waals surface area contributed by atoms with Gasteiger partial charge in [0.1, 0.15) is 0 Å². The summed E-state index contributed by atoms with van der Waals surface area (Å²) >= 11 is -2.01. The van der Waals surface area contributed by atoms with E-state index in [1.165, 1.54) is 0 Å². The molecule has 1 aliphatic rings. The molecule has 0 N–H and O–H groups in total. The first kappa shape index (κ1) is 4.24. The molecule has 0 spiro atoms. The third-order valence-electron chi connectivity index (χ3n) is 0.786. The summed E-state index contributed by atoms with van der Waals surface area (Å²) in [7, 11) is 0. The Balaban J connectivity index is 2.31. The molecule has 0 aromatic heterocycles. The van der Waals surface area contributed by atoms with Crippen LogP contribution in [-0.4, -0.2) is 9.46 Å². The van der Waals surface area contributed by atoms with Gasteiger partial charge in [0.25, 0.3) is 0 Å². The van der Waals surface area contributed by atoms with Crippen molar-refractivity contribution in [3.05, 3.63) is 0 Å². The van der Waals surface area contributed by atoms with Gasteiger partial charge in [0.2, 0.25) is 11.2 Å². The van der Waals surface area contributed by atoms with Crippen LogP contribution in [0.5, 0.6) is 0 Å². The summed E-state index contributed by atoms with van der Waals surface area (Å²) in [5.41, 5.74) is 0. The van der Waals surface area contributed by atoms with Crippen LogP contribution in [-0.2, 0) is 11.2 Å². The van der Waals surface area contributed by atoms with Crippen molar-refractivity contribution in [3.63, 3.8) is 0 Å². The standard InChI is InChI=1S/C3H5FOS/c4-6(5)3-1-2-3/h3H,1-2H2. The van der Waals surface area contributed by atoms with Gasteiger partial charge in [-0.05, 0) is 12.8 Å². The summed E-state index contributed by atoms with van der Waals surface area (Å²) in [5, 5.41) is -0.0926. The minimum absolute atomic E-state index is 0.0926. The summed E-state index contributed by atoms with van der Waals surface area (Å²) in [5.74, 6) is 0. The Morgan fingerprint density at radius 1 is 1.67 bits per heavy atom. The van der Waals surface area contributed by atoms with Crippen LogP contribution >= 0.6 is 0 Å². The summed E-state index contributed by atoms with van der Waals surface area (Å²) in [6.45, 7) is 0. The molecule has 1 nitrogen and oxygen atoms in total. The Morgan fingerprint density at radius 2 is 2.17 bits per heavy atom. The third-order valence-corrected chi connectivity index (χ3v) is 1.78. The van der Waals surface area contributed by atoms with E-state index in [4.69, 9.17) is 0 Å². The smallest absolute Gasteiger partial charge is 0.201 e. The summed E-state index contributed by atoms with van der Waals surface area (Å²) < 4.78 is 21.0. The predicted molar refractivity (Wildman–Crippen MR) is 22.3 cm³/mol. The summed E-state index contributed by atoms with van der Waals surface area (Å²) in [6.07, 6.45) is 1.65. The van der Waals surface area contributed by atoms with Crippen LogP contribution in [0.25, 0.3) is 0 Å². The van der Waals surface area contributed by atoms with E-state index in [9.17, 15) is 8.09 Å². The minimum Gasteiger partial charge on any atom is -0.224 e. The van der Waals surface area contributed by atoms with Crippen molar-refractivity contribution < 1.29 is 8.09 Å². The molecule has 0 radical (unpaired) electrons. The van der Waals surface area contributed by atoms with Gasteiger partial charge in [0.15, 0.2) is 0 Å². The Bertz CT molecular complexity index is 78.9. The molecule has 1 saturated carbocycles. The highest BCUT2D eigenvalue weighted by atomic mass is 32.2. The summed E-state index contributed by atoms with van der Waals surface area (Å²) in [6, 6.07) is 0. The highest BCUT2D eigenvalue weighted by molar-refractivity contribution is 7.80. The predicted octanol–water partition coefficient (Wildman–Crippen LogP) is 0.782. The van der Waals surface area contributed by atoms with E-state index in [1.807, 2.05) is 0 Å². The van der Waals surface area contributed by atoms with Gasteiger partial charge in [-0.15, -0.1) is 3.89 Å². The maximum atomic E-state index is 11.4. The molecule has 0 amide bonds. The zero-order valence-electron chi connectivity index (χ0n) is 3.19. The highest BCUT2D eigenvalue weighted by Gasteiger charge is 2.28. The zero-order chi connectivity index (χ0) is 4.57. The molecule has 0 saturated heterocycles. The van der Waals surface area contributed by atoms with Crippen LogP contribution in [0.15, 0.2) is 0 Å². The maximum Gasteiger partial charge on any atom is 0.201 e. The molecular formula is C3H5FOS. The van der Waals surface area contributed by atoms with Crippen molar-refractivity contribution in [3.8, 4) is 0 Å². The van der Waals surface area contributed by atoms with Gasteiger partial charge >= 0.3 is 0 Å². The Morgan fingerprint density at radius 3 is 2.17 bits per heavy atom. The van der Waals surface area contributed by atoms with E-state index < -0.39 is 11.2 Å². The minimum atomic E-state index is -2.01. The molecular weight excluding hydrogens is 103 g/mol. The van der Waals surface area contributed by atoms with Gasteiger partial charge in [0, 0.05) is 0 Å². The second-order valence-corrected chi connectivity index (χ2v) is 2.61. The summed E-state index contributed by atoms with van der Waals surface area (Å²) in [4.78, 5) is 0. The molecule has 1 atom stereocenters. The molecule has 1 fully saturated rings. The van der Waals surface area contributed by atoms with Gasteiger partial charge in [0.05, 0.1) is 5.25 Å². The fourth-order valence-corrected chi connectivity index (χ4v) is 0.760. The molecule has 6 heavy (non-hydrogen) atoms. The monoisotopic (exact) mass is 108 g/mol. The first-order valence-corrected chi connectivity index (χ1v) is 2.99. The molecule has 0 aromatic rings. The van der Waals surface area contributed by atoms with E-state index >= 15 is 0 Å². The van der Waals surface area contributed by atoms with Crippen molar-refractivity contribution >= 4 is 11.2 Å². The first-order chi connectivity index (χ1) is 2.80. The second-order valence-electron chi connectivity index (χ2n) is 1.45. The molecule has 0 aromatic carbocycles. The van der Waals surface area contributed by atoms with Gasteiger partial charge in [-0.2, -0.15) is 0 Å². The fourth-order valence-electron chi connectivity index (χ4n) is 0.253. The molecule has 0 bridgehead atoms. The lowest BCUT2D eigenvalue weighted by Gasteiger charge is -1.72. The van der Waals surface area contributed by atoms with Crippen molar-refractivity contribution in [2.75, 3.05) is 0 Å². The third kappa shape index (κ3) is 0.772. The quantitative estimate of drug-likeness (QED) is 0.454. The first-order valence-electron chi connectivity index (χ1n) is 1.87. The van der Waals surface area contributed by atoms with E-state index in [2.05, 4.69) is 0 Å². The number of rotatable bonds is 1. The van der Waals surface area contributed by atoms with Crippen molar-refractivity contribution in [2.24, 2.45) is 0 Å². The molecule has 1 rings (SSSR count). The topological polar surface area (TPSA) is 17.1 Å². The second kappa shape index (κ2) is 1.30. The molecule has 3 heteroatoms. The Hall–Kier alpha value is 0.0800. The van der Waals surface area contributed by atoms with Gasteiger partial charge in [-0.3, -0.25) is 0 Å². The lowest BCUT2D eigenvalue weighted by atomic mass is 11.0. The molecule has 36 valence electrons. The number of halogens is 1. The molecule has 0 aliphatic heterocycles. The molecule has 1 unspecified atom stereocenters. The number of hydrogen-bond acceptors (Lipinski definition) is 1. The van der Waals surface area contributed by atoms with Crippen LogP contribution < -0.4 is 0 Å². The lowest BCUT2D eigenvalue weighted by molar-refractivity contribution is 0.648. The maximum absolute atomic E-state index is 11.4. The van der Waals surface area contributed by atoms with Crippen LogP contribution in [0.4, 0.5) is 3.89 Å². The Labute approximate surface area is 38.3 Å². The fraction of sp³-hybridized carbons (Fsp3) is 1.00. The average Bonchev–Trinajstić information content (AvgIpc) is 2.06. The largest absolute Gasteiger partial charge is 0.224 e. The number of hydrogen-bond donors (Lipinski definition) is 0. The van der Waals surface area contributed by atoms with Gasteiger partial charge < -0.3 is 0 Å². The van der Waals surface area contributed by atoms with Crippen molar-refractivity contribution in [2.45, 2.75) is 18.1 Å². The van der Waals surface area contributed by atoms with E-state index in [-0.39, 0.29) is 5.25 Å². The van der Waals surface area contributed by atoms with E-state index in [0.717, 1.165) is 12.8 Å². The average molecular weight is 108 g/mol. The van der Waals surface area contributed by atoms with Crippen LogP contribution in [0.3, 0.4) is 0 Å². The lowest BCUT2D eigenvalue weighted by Crippen LogP contribution is -1.83. The van der Waals surface area contributed by atoms with E-state index in [0.29, 0.717) is 0 Å². The molecule has 0 heterocycles. The van der Waals surface area contributed by atoms with E-state index in [1.54, 1.807) is 0 Å². The SMILES string of the molecule is O=S(F)C1CC1. The molecule has 1 aliphatic carbocycles. The van der Waals surface area contributed by atoms with Crippen molar-refractivity contribution in [1.29, 1.82) is 0 Å². The Kier molecular flexibility index (Phi) is 0.916. The zero-order valence-corrected chi connectivity index (χ0v) is 4.00. The highest BCUT2D eigenvalue weighted by Crippen LogP contribution is 2.26. The van der Waals surface area contributed by atoms with Crippen molar-refractivity contribution in [1.82, 2.24) is 0 Å².